The van der Waals surface area contributed by atoms with Crippen LogP contribution in [-0.2, 0) is 18.2 Å². The summed E-state index contributed by atoms with van der Waals surface area (Å²) in [4.78, 5) is 1.65. The Labute approximate surface area is 103 Å². The van der Waals surface area contributed by atoms with Crippen molar-refractivity contribution < 1.29 is 18.2 Å². The minimum absolute atomic E-state index is 0.00618. The maximum absolute atomic E-state index is 11.7. The summed E-state index contributed by atoms with van der Waals surface area (Å²) < 4.78 is 32.8. The van der Waals surface area contributed by atoms with Crippen LogP contribution in [0, 0.1) is 5.92 Å². The van der Waals surface area contributed by atoms with Crippen LogP contribution in [0.5, 0.6) is 0 Å². The van der Waals surface area contributed by atoms with Crippen molar-refractivity contribution in [3.8, 4) is 0 Å². The van der Waals surface area contributed by atoms with E-state index in [4.69, 9.17) is 20.1 Å². The van der Waals surface area contributed by atoms with Gasteiger partial charge in [0.2, 0.25) is 0 Å². The Morgan fingerprint density at radius 1 is 1.06 bits per heavy atom. The lowest BCUT2D eigenvalue weighted by Crippen LogP contribution is -2.32. The van der Waals surface area contributed by atoms with Crippen LogP contribution in [-0.4, -0.2) is 38.2 Å². The van der Waals surface area contributed by atoms with Crippen molar-refractivity contribution in [2.24, 2.45) is 16.9 Å². The first-order valence-corrected chi connectivity index (χ1v) is 8.97. The van der Waals surface area contributed by atoms with Crippen LogP contribution in [0.2, 0.25) is 0 Å². The Morgan fingerprint density at radius 3 is 1.65 bits per heavy atom. The lowest BCUT2D eigenvalue weighted by molar-refractivity contribution is 0.278. The minimum Gasteiger partial charge on any atom is -0.320 e. The van der Waals surface area contributed by atoms with Gasteiger partial charge in [0.15, 0.2) is 0 Å². The van der Waals surface area contributed by atoms with E-state index in [1.165, 1.54) is 14.2 Å². The molecule has 0 amide bonds. The molecule has 0 saturated heterocycles. The summed E-state index contributed by atoms with van der Waals surface area (Å²) in [6.45, 7) is 4.53. The zero-order valence-corrected chi connectivity index (χ0v) is 12.6. The molecule has 4 N–H and O–H groups in total. The minimum atomic E-state index is -3.19. The first kappa shape index (κ1) is 17.3. The molecule has 0 saturated carbocycles. The van der Waals surface area contributed by atoms with Gasteiger partial charge in [-0.25, -0.2) is 0 Å². The zero-order valence-electron chi connectivity index (χ0n) is 10.8. The highest BCUT2D eigenvalue weighted by atomic mass is 31.2. The molecule has 17 heavy (non-hydrogen) atoms. The third-order valence-corrected chi connectivity index (χ3v) is 4.86. The van der Waals surface area contributed by atoms with Crippen molar-refractivity contribution in [2.75, 3.05) is 33.3 Å². The number of rotatable bonds is 8. The van der Waals surface area contributed by atoms with E-state index in [0.29, 0.717) is 12.5 Å². The Balaban J connectivity index is 4.66. The number of nitrogens with two attached hydrogens (primary N) is 2. The maximum Gasteiger partial charge on any atom is 0.280 e. The summed E-state index contributed by atoms with van der Waals surface area (Å²) in [5.41, 5.74) is 10.9. The zero-order chi connectivity index (χ0) is 13.7. The van der Waals surface area contributed by atoms with Crippen LogP contribution in [0.25, 0.3) is 0 Å². The van der Waals surface area contributed by atoms with Gasteiger partial charge in [0.1, 0.15) is 0 Å². The molecule has 0 spiro atoms. The van der Waals surface area contributed by atoms with Gasteiger partial charge in [-0.1, -0.05) is 13.8 Å². The molecule has 0 aromatic rings. The van der Waals surface area contributed by atoms with Crippen LogP contribution < -0.4 is 11.0 Å². The largest absolute Gasteiger partial charge is 0.320 e. The number of nitrogens with zero attached hydrogens (tertiary/aromatic N) is 1. The Morgan fingerprint density at radius 2 is 1.41 bits per heavy atom. The molecule has 0 rings (SSSR count). The van der Waals surface area contributed by atoms with E-state index < -0.39 is 15.0 Å². The van der Waals surface area contributed by atoms with E-state index in [-0.39, 0.29) is 12.6 Å². The van der Waals surface area contributed by atoms with Gasteiger partial charge in [-0.05, 0) is 5.92 Å². The highest BCUT2D eigenvalue weighted by Gasteiger charge is 2.26. The van der Waals surface area contributed by atoms with Crippen LogP contribution in [0.4, 0.5) is 0 Å². The van der Waals surface area contributed by atoms with E-state index in [0.717, 1.165) is 0 Å². The third-order valence-electron chi connectivity index (χ3n) is 2.04. The molecule has 9 heteroatoms. The van der Waals surface area contributed by atoms with Gasteiger partial charge in [0.05, 0.1) is 12.6 Å². The van der Waals surface area contributed by atoms with Gasteiger partial charge >= 0.3 is 0 Å². The first-order chi connectivity index (χ1) is 7.62. The Kier molecular flexibility index (Phi) is 7.11. The highest BCUT2D eigenvalue weighted by Crippen LogP contribution is 2.42. The third kappa shape index (κ3) is 8.06. The van der Waals surface area contributed by atoms with E-state index in [2.05, 4.69) is 0 Å². The van der Waals surface area contributed by atoms with Crippen molar-refractivity contribution in [1.82, 2.24) is 4.90 Å². The molecule has 2 unspecified atom stereocenters. The molecule has 0 aliphatic heterocycles. The molecule has 0 aromatic carbocycles. The molecular weight excluding hydrogens is 264 g/mol. The van der Waals surface area contributed by atoms with Crippen LogP contribution in [0.15, 0.2) is 0 Å². The van der Waals surface area contributed by atoms with Crippen molar-refractivity contribution in [1.29, 1.82) is 0 Å². The van der Waals surface area contributed by atoms with E-state index >= 15 is 0 Å². The summed E-state index contributed by atoms with van der Waals surface area (Å²) in [6.07, 6.45) is 0.0124. The molecule has 0 fully saturated rings. The molecule has 0 aromatic heterocycles. The van der Waals surface area contributed by atoms with E-state index in [9.17, 15) is 9.13 Å². The summed E-state index contributed by atoms with van der Waals surface area (Å²) in [5.74, 6) is 0.295. The molecule has 0 bridgehead atoms. The first-order valence-electron chi connectivity index (χ1n) is 5.21. The van der Waals surface area contributed by atoms with Gasteiger partial charge in [-0.3, -0.25) is 25.0 Å². The molecule has 7 nitrogen and oxygen atoms in total. The van der Waals surface area contributed by atoms with Gasteiger partial charge in [0, 0.05) is 20.8 Å². The quantitative estimate of drug-likeness (QED) is 0.650. The van der Waals surface area contributed by atoms with Crippen LogP contribution in [0.3, 0.4) is 0 Å². The molecule has 0 heterocycles. The molecule has 0 aliphatic carbocycles. The summed E-state index contributed by atoms with van der Waals surface area (Å²) in [7, 11) is -3.81. The van der Waals surface area contributed by atoms with Gasteiger partial charge in [-0.2, -0.15) is 0 Å². The van der Waals surface area contributed by atoms with Crippen molar-refractivity contribution in [2.45, 2.75) is 13.8 Å². The SMILES string of the molecule is COP(N)(=O)CN(CC(C)C)CP(N)(=O)OC. The van der Waals surface area contributed by atoms with Crippen molar-refractivity contribution in [3.63, 3.8) is 0 Å². The highest BCUT2D eigenvalue weighted by molar-refractivity contribution is 7.57. The normalized spacial score (nSPS) is 19.3. The fourth-order valence-corrected chi connectivity index (χ4v) is 3.28. The second kappa shape index (κ2) is 7.00. The second-order valence-corrected chi connectivity index (χ2v) is 8.55. The van der Waals surface area contributed by atoms with Gasteiger partial charge in [-0.15, -0.1) is 0 Å². The fraction of sp³-hybridized carbons (Fsp3) is 1.00. The number of hydrogen-bond acceptors (Lipinski definition) is 5. The molecule has 104 valence electrons. The van der Waals surface area contributed by atoms with E-state index in [1.807, 2.05) is 13.8 Å². The van der Waals surface area contributed by atoms with E-state index in [1.54, 1.807) is 4.90 Å². The summed E-state index contributed by atoms with van der Waals surface area (Å²) in [5, 5.41) is 0. The fourth-order valence-electron chi connectivity index (χ4n) is 1.35. The topological polar surface area (TPSA) is 108 Å². The summed E-state index contributed by atoms with van der Waals surface area (Å²) >= 11 is 0. The predicted octanol–water partition coefficient (Wildman–Crippen LogP) is 1.46. The van der Waals surface area contributed by atoms with Crippen LogP contribution >= 0.6 is 15.0 Å². The van der Waals surface area contributed by atoms with Gasteiger partial charge in [0.25, 0.3) is 15.0 Å². The van der Waals surface area contributed by atoms with Crippen molar-refractivity contribution >= 4 is 15.0 Å². The van der Waals surface area contributed by atoms with Crippen molar-refractivity contribution in [3.05, 3.63) is 0 Å². The predicted molar refractivity (Wildman–Crippen MR) is 68.9 cm³/mol. The lowest BCUT2D eigenvalue weighted by Gasteiger charge is -2.27. The van der Waals surface area contributed by atoms with Gasteiger partial charge < -0.3 is 9.05 Å². The summed E-state index contributed by atoms with van der Waals surface area (Å²) in [6, 6.07) is 0. The average Bonchev–Trinajstić information content (AvgIpc) is 2.15. The number of hydrogen-bond donors (Lipinski definition) is 2. The molecule has 0 radical (unpaired) electrons. The molecule has 2 atom stereocenters. The monoisotopic (exact) mass is 287 g/mol. The second-order valence-electron chi connectivity index (χ2n) is 4.35. The van der Waals surface area contributed by atoms with Crippen LogP contribution in [0.1, 0.15) is 13.8 Å². The standard InChI is InChI=1S/C8H23N3O4P2/c1-8(2)5-11(6-16(9,12)14-3)7-17(10,13)15-4/h8H,5-7H2,1-4H3,(H2,9,12)(H2,10,13). The average molecular weight is 287 g/mol. The lowest BCUT2D eigenvalue weighted by atomic mass is 10.2. The Hall–Kier alpha value is 0.260. The Bertz CT molecular complexity index is 298. The smallest absolute Gasteiger partial charge is 0.280 e. The molecular formula is C8H23N3O4P2. The molecule has 0 aliphatic rings. The maximum atomic E-state index is 11.7.